The average Bonchev–Trinajstić information content (AvgIpc) is 3.01. The molecule has 2 fully saturated rings. The number of imidazole rings is 1. The molecule has 24 heavy (non-hydrogen) atoms. The number of aromatic nitrogens is 2. The van der Waals surface area contributed by atoms with Gasteiger partial charge in [-0.15, -0.1) is 24.8 Å². The van der Waals surface area contributed by atoms with Crippen molar-refractivity contribution in [1.29, 1.82) is 0 Å². The topological polar surface area (TPSA) is 102 Å². The number of nitrogens with one attached hydrogen (secondary N) is 1. The van der Waals surface area contributed by atoms with Gasteiger partial charge in [0.15, 0.2) is 0 Å². The van der Waals surface area contributed by atoms with Gasteiger partial charge in [0, 0.05) is 25.6 Å². The maximum atomic E-state index is 12.8. The number of rotatable bonds is 2. The van der Waals surface area contributed by atoms with Crippen molar-refractivity contribution < 1.29 is 14.3 Å². The first-order valence-electron chi connectivity index (χ1n) is 7.63. The lowest BCUT2D eigenvalue weighted by Crippen LogP contribution is -2.45. The van der Waals surface area contributed by atoms with E-state index in [1.54, 1.807) is 4.90 Å². The zero-order valence-corrected chi connectivity index (χ0v) is 14.9. The van der Waals surface area contributed by atoms with E-state index in [0.717, 1.165) is 25.9 Å². The van der Waals surface area contributed by atoms with Crippen LogP contribution in [0, 0.1) is 0 Å². The number of nitrogens with two attached hydrogens (primary N) is 1. The van der Waals surface area contributed by atoms with Crippen LogP contribution in [0.15, 0.2) is 6.20 Å². The van der Waals surface area contributed by atoms with E-state index >= 15 is 0 Å². The summed E-state index contributed by atoms with van der Waals surface area (Å²) >= 11 is 0. The van der Waals surface area contributed by atoms with E-state index in [1.165, 1.54) is 10.8 Å². The van der Waals surface area contributed by atoms with Crippen LogP contribution in [0.5, 0.6) is 0 Å². The summed E-state index contributed by atoms with van der Waals surface area (Å²) in [6.45, 7) is 3.76. The molecule has 3 heterocycles. The van der Waals surface area contributed by atoms with E-state index < -0.39 is 5.91 Å². The van der Waals surface area contributed by atoms with Crippen molar-refractivity contribution in [2.45, 2.75) is 18.8 Å². The molecule has 3 N–H and O–H groups in total. The summed E-state index contributed by atoms with van der Waals surface area (Å²) < 4.78 is 6.67. The van der Waals surface area contributed by atoms with Crippen LogP contribution in [-0.2, 0) is 4.74 Å². The molecule has 0 spiro atoms. The molecular weight excluding hydrogens is 357 g/mol. The summed E-state index contributed by atoms with van der Waals surface area (Å²) in [5, 5.41) is 3.30. The third kappa shape index (κ3) is 4.18. The van der Waals surface area contributed by atoms with E-state index in [1.807, 2.05) is 0 Å². The van der Waals surface area contributed by atoms with Gasteiger partial charge in [-0.2, -0.15) is 0 Å². The van der Waals surface area contributed by atoms with Crippen molar-refractivity contribution in [1.82, 2.24) is 19.8 Å². The molecule has 136 valence electrons. The first-order valence-corrected chi connectivity index (χ1v) is 7.63. The number of amides is 2. The summed E-state index contributed by atoms with van der Waals surface area (Å²) in [6.07, 6.45) is 3.37. The highest BCUT2D eigenvalue weighted by Crippen LogP contribution is 2.24. The molecule has 1 atom stereocenters. The maximum Gasteiger partial charge on any atom is 0.330 e. The number of primary amides is 1. The van der Waals surface area contributed by atoms with Crippen molar-refractivity contribution >= 4 is 36.8 Å². The molecule has 3 rings (SSSR count). The Morgan fingerprint density at radius 3 is 2.58 bits per heavy atom. The standard InChI is InChI=1S/C14H21N5O3.2ClH/c15-12(20)11-9-17-13(10-2-1-3-16-8-10)19(11)14(21)18-4-6-22-7-5-18;;/h9-10,16H,1-8H2,(H2,15,20);2*1H. The number of carbonyl (C=O) groups excluding carboxylic acids is 2. The molecule has 2 aliphatic heterocycles. The minimum atomic E-state index is -0.635. The van der Waals surface area contributed by atoms with Crippen LogP contribution in [0.2, 0.25) is 0 Å². The van der Waals surface area contributed by atoms with Crippen molar-refractivity contribution in [2.24, 2.45) is 5.73 Å². The third-order valence-electron chi connectivity index (χ3n) is 4.18. The predicted octanol–water partition coefficient (Wildman–Crippen LogP) is 0.593. The minimum Gasteiger partial charge on any atom is -0.378 e. The Bertz CT molecular complexity index is 569. The fourth-order valence-corrected chi connectivity index (χ4v) is 3.00. The SMILES string of the molecule is Cl.Cl.NC(=O)c1cnc(C2CCCNC2)n1C(=O)N1CCOCC1. The Morgan fingerprint density at radius 1 is 1.29 bits per heavy atom. The first kappa shape index (κ1) is 20.7. The number of nitrogens with zero attached hydrogens (tertiary/aromatic N) is 3. The fraction of sp³-hybridized carbons (Fsp3) is 0.643. The van der Waals surface area contributed by atoms with Gasteiger partial charge in [0.1, 0.15) is 11.5 Å². The van der Waals surface area contributed by atoms with Gasteiger partial charge in [-0.3, -0.25) is 4.79 Å². The average molecular weight is 380 g/mol. The summed E-state index contributed by atoms with van der Waals surface area (Å²) in [6, 6.07) is -0.241. The van der Waals surface area contributed by atoms with E-state index in [4.69, 9.17) is 10.5 Å². The molecule has 1 aromatic rings. The number of ether oxygens (including phenoxy) is 1. The Kier molecular flexibility index (Phi) is 7.95. The van der Waals surface area contributed by atoms with E-state index in [-0.39, 0.29) is 42.5 Å². The van der Waals surface area contributed by atoms with Gasteiger partial charge in [0.05, 0.1) is 19.4 Å². The summed E-state index contributed by atoms with van der Waals surface area (Å²) in [7, 11) is 0. The van der Waals surface area contributed by atoms with Crippen LogP contribution < -0.4 is 11.1 Å². The first-order chi connectivity index (χ1) is 10.7. The molecule has 0 aliphatic carbocycles. The second-order valence-electron chi connectivity index (χ2n) is 5.63. The van der Waals surface area contributed by atoms with Crippen molar-refractivity contribution in [3.63, 3.8) is 0 Å². The highest BCUT2D eigenvalue weighted by atomic mass is 35.5. The summed E-state index contributed by atoms with van der Waals surface area (Å²) in [5.74, 6) is 0.105. The van der Waals surface area contributed by atoms with Crippen LogP contribution in [0.4, 0.5) is 4.79 Å². The third-order valence-corrected chi connectivity index (χ3v) is 4.18. The zero-order valence-electron chi connectivity index (χ0n) is 13.3. The van der Waals surface area contributed by atoms with Crippen LogP contribution in [-0.4, -0.2) is 65.8 Å². The number of hydrogen-bond donors (Lipinski definition) is 2. The monoisotopic (exact) mass is 379 g/mol. The number of hydrogen-bond acceptors (Lipinski definition) is 5. The molecule has 0 radical (unpaired) electrons. The fourth-order valence-electron chi connectivity index (χ4n) is 3.00. The quantitative estimate of drug-likeness (QED) is 0.782. The molecule has 2 saturated heterocycles. The number of piperidine rings is 1. The molecule has 0 aromatic carbocycles. The second-order valence-corrected chi connectivity index (χ2v) is 5.63. The molecule has 0 saturated carbocycles. The lowest BCUT2D eigenvalue weighted by Gasteiger charge is -2.29. The number of carbonyl (C=O) groups is 2. The molecule has 0 bridgehead atoms. The Labute approximate surface area is 152 Å². The normalized spacial score (nSPS) is 20.7. The Morgan fingerprint density at radius 2 is 2.00 bits per heavy atom. The molecule has 8 nitrogen and oxygen atoms in total. The number of halogens is 2. The molecule has 2 aliphatic rings. The molecule has 1 aromatic heterocycles. The Hall–Kier alpha value is -1.35. The predicted molar refractivity (Wildman–Crippen MR) is 93.3 cm³/mol. The lowest BCUT2D eigenvalue weighted by molar-refractivity contribution is 0.0531. The van der Waals surface area contributed by atoms with Gasteiger partial charge in [-0.1, -0.05) is 0 Å². The molecule has 10 heteroatoms. The number of morpholine rings is 1. The van der Waals surface area contributed by atoms with Crippen LogP contribution in [0.1, 0.15) is 35.1 Å². The van der Waals surface area contributed by atoms with Gasteiger partial charge in [-0.05, 0) is 19.4 Å². The van der Waals surface area contributed by atoms with Crippen LogP contribution in [0.25, 0.3) is 0 Å². The van der Waals surface area contributed by atoms with Crippen LogP contribution >= 0.6 is 24.8 Å². The van der Waals surface area contributed by atoms with Crippen molar-refractivity contribution in [3.8, 4) is 0 Å². The largest absolute Gasteiger partial charge is 0.378 e. The van der Waals surface area contributed by atoms with Gasteiger partial charge in [0.2, 0.25) is 0 Å². The van der Waals surface area contributed by atoms with Gasteiger partial charge in [-0.25, -0.2) is 14.3 Å². The Balaban J connectivity index is 0.00000144. The molecular formula is C14H23Cl2N5O3. The second kappa shape index (κ2) is 9.22. The van der Waals surface area contributed by atoms with Crippen LogP contribution in [0.3, 0.4) is 0 Å². The van der Waals surface area contributed by atoms with Gasteiger partial charge < -0.3 is 20.7 Å². The zero-order chi connectivity index (χ0) is 15.5. The molecule has 1 unspecified atom stereocenters. The highest BCUT2D eigenvalue weighted by Gasteiger charge is 2.29. The van der Waals surface area contributed by atoms with Crippen molar-refractivity contribution in [2.75, 3.05) is 39.4 Å². The van der Waals surface area contributed by atoms with Gasteiger partial charge in [0.25, 0.3) is 5.91 Å². The van der Waals surface area contributed by atoms with Crippen molar-refractivity contribution in [3.05, 3.63) is 17.7 Å². The van der Waals surface area contributed by atoms with E-state index in [2.05, 4.69) is 10.3 Å². The highest BCUT2D eigenvalue weighted by molar-refractivity contribution is 5.95. The smallest absolute Gasteiger partial charge is 0.330 e. The summed E-state index contributed by atoms with van der Waals surface area (Å²) in [5.41, 5.74) is 5.56. The maximum absolute atomic E-state index is 12.8. The van der Waals surface area contributed by atoms with Gasteiger partial charge >= 0.3 is 6.03 Å². The summed E-state index contributed by atoms with van der Waals surface area (Å²) in [4.78, 5) is 30.5. The van der Waals surface area contributed by atoms with E-state index in [9.17, 15) is 9.59 Å². The molecule has 2 amide bonds. The lowest BCUT2D eigenvalue weighted by atomic mass is 9.99. The van der Waals surface area contributed by atoms with E-state index in [0.29, 0.717) is 32.1 Å². The minimum absolute atomic E-state index is 0.